The molecular weight excluding hydrogens is 448 g/mol. The number of hydrogen-bond acceptors (Lipinski definition) is 5. The summed E-state index contributed by atoms with van der Waals surface area (Å²) < 4.78 is 0. The van der Waals surface area contributed by atoms with E-state index in [0.717, 1.165) is 54.5 Å². The lowest BCUT2D eigenvalue weighted by Gasteiger charge is -2.39. The van der Waals surface area contributed by atoms with Crippen molar-refractivity contribution in [2.45, 2.75) is 51.6 Å². The van der Waals surface area contributed by atoms with Crippen molar-refractivity contribution in [3.05, 3.63) is 54.1 Å². The number of piperidine rings is 1. The number of aromatic nitrogens is 4. The van der Waals surface area contributed by atoms with Gasteiger partial charge in [0.15, 0.2) is 5.11 Å². The quantitative estimate of drug-likeness (QED) is 0.461. The van der Waals surface area contributed by atoms with Crippen LogP contribution in [0.15, 0.2) is 48.5 Å². The van der Waals surface area contributed by atoms with Crippen LogP contribution in [0.2, 0.25) is 0 Å². The zero-order valence-electron chi connectivity index (χ0n) is 19.4. The molecule has 0 radical (unpaired) electrons. The van der Waals surface area contributed by atoms with E-state index in [1.54, 1.807) is 0 Å². The first-order valence-corrected chi connectivity index (χ1v) is 12.2. The number of carbonyl (C=O) groups is 1. The third-order valence-corrected chi connectivity index (χ3v) is 6.73. The predicted octanol–water partition coefficient (Wildman–Crippen LogP) is 4.36. The molecule has 1 aliphatic heterocycles. The first-order chi connectivity index (χ1) is 16.6. The van der Waals surface area contributed by atoms with Gasteiger partial charge in [0.1, 0.15) is 6.04 Å². The van der Waals surface area contributed by atoms with Crippen LogP contribution >= 0.6 is 12.2 Å². The summed E-state index contributed by atoms with van der Waals surface area (Å²) in [5.74, 6) is -0.229. The molecule has 1 aromatic heterocycles. The average Bonchev–Trinajstić information content (AvgIpc) is 3.41. The van der Waals surface area contributed by atoms with Gasteiger partial charge >= 0.3 is 5.97 Å². The van der Waals surface area contributed by atoms with Gasteiger partial charge in [0.25, 0.3) is 0 Å². The fourth-order valence-electron chi connectivity index (χ4n) is 4.41. The third kappa shape index (κ3) is 5.41. The number of nitrogens with zero attached hydrogens (tertiary/aromatic N) is 5. The summed E-state index contributed by atoms with van der Waals surface area (Å²) >= 11 is 5.84. The molecule has 1 aliphatic rings. The number of carboxylic acids is 1. The van der Waals surface area contributed by atoms with E-state index in [-0.39, 0.29) is 0 Å². The van der Waals surface area contributed by atoms with E-state index in [1.807, 2.05) is 29.2 Å². The highest BCUT2D eigenvalue weighted by atomic mass is 32.1. The van der Waals surface area contributed by atoms with Crippen LogP contribution in [0.1, 0.15) is 44.6 Å². The van der Waals surface area contributed by atoms with Gasteiger partial charge in [-0.15, -0.1) is 10.2 Å². The molecule has 34 heavy (non-hydrogen) atoms. The number of hydrogen-bond donors (Lipinski definition) is 2. The van der Waals surface area contributed by atoms with Gasteiger partial charge in [-0.25, -0.2) is 4.79 Å². The number of aliphatic carboxylic acids is 1. The van der Waals surface area contributed by atoms with Gasteiger partial charge in [-0.05, 0) is 59.8 Å². The normalized spacial score (nSPS) is 15.8. The zero-order chi connectivity index (χ0) is 23.9. The van der Waals surface area contributed by atoms with Crippen LogP contribution in [0.25, 0.3) is 22.5 Å². The molecule has 4 rings (SSSR count). The Hall–Kier alpha value is -3.33. The number of tetrazole rings is 1. The molecule has 1 fully saturated rings. The van der Waals surface area contributed by atoms with E-state index in [0.29, 0.717) is 30.4 Å². The number of carboxylic acid groups (broad SMARTS) is 1. The summed E-state index contributed by atoms with van der Waals surface area (Å²) in [7, 11) is 0. The van der Waals surface area contributed by atoms with E-state index in [4.69, 9.17) is 12.2 Å². The monoisotopic (exact) mass is 478 g/mol. The Bertz CT molecular complexity index is 1100. The second-order valence-corrected chi connectivity index (χ2v) is 8.94. The molecule has 0 bridgehead atoms. The van der Waals surface area contributed by atoms with Crippen molar-refractivity contribution in [3.63, 3.8) is 0 Å². The number of benzene rings is 2. The van der Waals surface area contributed by atoms with Crippen LogP contribution < -0.4 is 0 Å². The molecular formula is C25H30N6O2S. The number of H-pyrrole nitrogens is 1. The highest BCUT2D eigenvalue weighted by molar-refractivity contribution is 7.80. The van der Waals surface area contributed by atoms with Crippen molar-refractivity contribution in [3.8, 4) is 22.5 Å². The number of nitrogens with one attached hydrogen (secondary N) is 1. The summed E-state index contributed by atoms with van der Waals surface area (Å²) in [5.41, 5.74) is 4.14. The smallest absolute Gasteiger partial charge is 0.326 e. The van der Waals surface area contributed by atoms with Gasteiger partial charge in [0, 0.05) is 25.2 Å². The number of unbranched alkanes of at least 4 members (excludes halogenated alkanes) is 1. The van der Waals surface area contributed by atoms with Gasteiger partial charge in [-0.3, -0.25) is 0 Å². The maximum absolute atomic E-state index is 11.8. The van der Waals surface area contributed by atoms with Crippen molar-refractivity contribution in [1.82, 2.24) is 30.4 Å². The van der Waals surface area contributed by atoms with Crippen LogP contribution in [-0.2, 0) is 11.3 Å². The fraction of sp³-hybridized carbons (Fsp3) is 0.400. The number of aromatic amines is 1. The molecule has 2 heterocycles. The SMILES string of the molecule is CCCCN(Cc1ccc(-c2ccccc2-c2nn[nH]n2)cc1)C(=S)N1CCCCC1C(=O)O. The van der Waals surface area contributed by atoms with Crippen LogP contribution in [0, 0.1) is 0 Å². The largest absolute Gasteiger partial charge is 0.480 e. The molecule has 8 nitrogen and oxygen atoms in total. The standard InChI is InChI=1S/C25H30N6O2S/c1-2-3-15-30(25(34)31-16-7-6-10-22(31)24(32)33)17-18-11-13-19(14-12-18)20-8-4-5-9-21(20)23-26-28-29-27-23/h4-5,8-9,11-14,22H,2-3,6-7,10,15-17H2,1H3,(H,32,33)(H,26,27,28,29). The van der Waals surface area contributed by atoms with E-state index in [9.17, 15) is 9.90 Å². The molecule has 3 aromatic rings. The summed E-state index contributed by atoms with van der Waals surface area (Å²) in [6.07, 6.45) is 4.60. The topological polar surface area (TPSA) is 98.2 Å². The van der Waals surface area contributed by atoms with Crippen molar-refractivity contribution in [2.24, 2.45) is 0 Å². The van der Waals surface area contributed by atoms with Gasteiger partial charge in [-0.1, -0.05) is 61.9 Å². The van der Waals surface area contributed by atoms with E-state index >= 15 is 0 Å². The maximum atomic E-state index is 11.8. The van der Waals surface area contributed by atoms with Gasteiger partial charge in [-0.2, -0.15) is 5.21 Å². The van der Waals surface area contributed by atoms with Crippen molar-refractivity contribution in [1.29, 1.82) is 0 Å². The molecule has 1 unspecified atom stereocenters. The molecule has 9 heteroatoms. The summed E-state index contributed by atoms with van der Waals surface area (Å²) in [6, 6.07) is 15.9. The van der Waals surface area contributed by atoms with E-state index < -0.39 is 12.0 Å². The second kappa shape index (κ2) is 11.2. The Morgan fingerprint density at radius 1 is 1.18 bits per heavy atom. The zero-order valence-corrected chi connectivity index (χ0v) is 20.2. The molecule has 0 amide bonds. The minimum atomic E-state index is -0.790. The molecule has 1 atom stereocenters. The van der Waals surface area contributed by atoms with Crippen LogP contribution in [0.3, 0.4) is 0 Å². The molecule has 178 valence electrons. The number of likely N-dealkylation sites (tertiary alicyclic amines) is 1. The molecule has 2 N–H and O–H groups in total. The average molecular weight is 479 g/mol. The molecule has 2 aromatic carbocycles. The first-order valence-electron chi connectivity index (χ1n) is 11.8. The van der Waals surface area contributed by atoms with Crippen molar-refractivity contribution >= 4 is 23.3 Å². The minimum Gasteiger partial charge on any atom is -0.480 e. The van der Waals surface area contributed by atoms with Crippen molar-refractivity contribution in [2.75, 3.05) is 13.1 Å². The van der Waals surface area contributed by atoms with Crippen LogP contribution in [0.5, 0.6) is 0 Å². The van der Waals surface area contributed by atoms with E-state index in [1.165, 1.54) is 0 Å². The Morgan fingerprint density at radius 2 is 1.94 bits per heavy atom. The van der Waals surface area contributed by atoms with Gasteiger partial charge in [0.05, 0.1) is 0 Å². The molecule has 1 saturated heterocycles. The second-order valence-electron chi connectivity index (χ2n) is 8.58. The summed E-state index contributed by atoms with van der Waals surface area (Å²) in [5, 5.41) is 24.8. The minimum absolute atomic E-state index is 0.533. The highest BCUT2D eigenvalue weighted by Gasteiger charge is 2.32. The molecule has 0 spiro atoms. The Balaban J connectivity index is 1.53. The lowest BCUT2D eigenvalue weighted by Crippen LogP contribution is -2.53. The molecule has 0 aliphatic carbocycles. The number of rotatable bonds is 8. The third-order valence-electron chi connectivity index (χ3n) is 6.24. The van der Waals surface area contributed by atoms with Crippen molar-refractivity contribution < 1.29 is 9.90 Å². The highest BCUT2D eigenvalue weighted by Crippen LogP contribution is 2.30. The fourth-order valence-corrected chi connectivity index (χ4v) is 4.78. The summed E-state index contributed by atoms with van der Waals surface area (Å²) in [4.78, 5) is 15.9. The lowest BCUT2D eigenvalue weighted by atomic mass is 9.98. The Morgan fingerprint density at radius 3 is 2.62 bits per heavy atom. The lowest BCUT2D eigenvalue weighted by molar-refractivity contribution is -0.142. The Labute approximate surface area is 205 Å². The maximum Gasteiger partial charge on any atom is 0.326 e. The predicted molar refractivity (Wildman–Crippen MR) is 135 cm³/mol. The number of thiocarbonyl (C=S) groups is 1. The van der Waals surface area contributed by atoms with Crippen LogP contribution in [-0.4, -0.2) is 65.7 Å². The molecule has 0 saturated carbocycles. The first kappa shape index (κ1) is 23.8. The van der Waals surface area contributed by atoms with E-state index in [2.05, 4.69) is 56.7 Å². The Kier molecular flexibility index (Phi) is 7.84. The van der Waals surface area contributed by atoms with Crippen LogP contribution in [0.4, 0.5) is 0 Å². The summed E-state index contributed by atoms with van der Waals surface area (Å²) in [6.45, 7) is 4.30. The van der Waals surface area contributed by atoms with Gasteiger partial charge in [0.2, 0.25) is 5.82 Å². The van der Waals surface area contributed by atoms with Gasteiger partial charge < -0.3 is 14.9 Å².